The molecule has 0 aromatic heterocycles. The zero-order valence-electron chi connectivity index (χ0n) is 9.15. The fraction of sp³-hybridized carbons (Fsp3) is 0.455. The number of phenolic OH excluding ortho intramolecular Hbond substituents is 1. The molecule has 0 bridgehead atoms. The van der Waals surface area contributed by atoms with Crippen molar-refractivity contribution in [2.24, 2.45) is 0 Å². The van der Waals surface area contributed by atoms with Gasteiger partial charge in [0.25, 0.3) is 0 Å². The third-order valence-corrected chi connectivity index (χ3v) is 3.64. The molecule has 1 atom stereocenters. The zero-order chi connectivity index (χ0) is 12.4. The molecule has 6 heteroatoms. The molecule has 5 nitrogen and oxygen atoms in total. The normalized spacial score (nSPS) is 20.2. The molecule has 0 radical (unpaired) electrons. The van der Waals surface area contributed by atoms with Gasteiger partial charge in [-0.05, 0) is 52.9 Å². The maximum absolute atomic E-state index is 10.8. The summed E-state index contributed by atoms with van der Waals surface area (Å²) in [5.41, 5.74) is 0.661. The highest BCUT2D eigenvalue weighted by molar-refractivity contribution is 9.10. The molecule has 0 aliphatic carbocycles. The summed E-state index contributed by atoms with van der Waals surface area (Å²) in [4.78, 5) is 10.3. The summed E-state index contributed by atoms with van der Waals surface area (Å²) in [7, 11) is 0. The van der Waals surface area contributed by atoms with Gasteiger partial charge in [-0.15, -0.1) is 0 Å². The van der Waals surface area contributed by atoms with Gasteiger partial charge in [0, 0.05) is 12.6 Å². The van der Waals surface area contributed by atoms with Gasteiger partial charge in [-0.25, -0.2) is 0 Å². The van der Waals surface area contributed by atoms with Crippen LogP contribution in [0.25, 0.3) is 0 Å². The van der Waals surface area contributed by atoms with Gasteiger partial charge in [0.05, 0.1) is 9.40 Å². The molecule has 1 aromatic carbocycles. The SMILES string of the molecule is O=[N+]([O-])c1cc(C2CCCNC2)cc(Br)c1O. The van der Waals surface area contributed by atoms with E-state index < -0.39 is 4.92 Å². The Bertz CT molecular complexity index is 445. The zero-order valence-corrected chi connectivity index (χ0v) is 10.7. The van der Waals surface area contributed by atoms with E-state index in [9.17, 15) is 15.2 Å². The van der Waals surface area contributed by atoms with E-state index in [2.05, 4.69) is 21.2 Å². The van der Waals surface area contributed by atoms with Gasteiger partial charge in [-0.2, -0.15) is 0 Å². The first kappa shape index (κ1) is 12.3. The predicted octanol–water partition coefficient (Wildman–Crippen LogP) is 2.53. The maximum atomic E-state index is 10.8. The Morgan fingerprint density at radius 3 is 2.88 bits per heavy atom. The lowest BCUT2D eigenvalue weighted by molar-refractivity contribution is -0.386. The monoisotopic (exact) mass is 300 g/mol. The van der Waals surface area contributed by atoms with Crippen LogP contribution in [0, 0.1) is 10.1 Å². The van der Waals surface area contributed by atoms with Crippen LogP contribution >= 0.6 is 15.9 Å². The van der Waals surface area contributed by atoms with Crippen LogP contribution < -0.4 is 5.32 Å². The van der Waals surface area contributed by atoms with Crippen LogP contribution in [0.1, 0.15) is 24.3 Å². The highest BCUT2D eigenvalue weighted by atomic mass is 79.9. The van der Waals surface area contributed by atoms with E-state index >= 15 is 0 Å². The number of nitro benzene ring substituents is 1. The molecule has 1 aliphatic heterocycles. The van der Waals surface area contributed by atoms with Crippen LogP contribution in [0.4, 0.5) is 5.69 Å². The number of benzene rings is 1. The summed E-state index contributed by atoms with van der Waals surface area (Å²) < 4.78 is 0.382. The summed E-state index contributed by atoms with van der Waals surface area (Å²) in [6, 6.07) is 3.23. The van der Waals surface area contributed by atoms with Crippen LogP contribution in [0.15, 0.2) is 16.6 Å². The second kappa shape index (κ2) is 5.01. The molecule has 0 saturated carbocycles. The lowest BCUT2D eigenvalue weighted by Crippen LogP contribution is -2.28. The Labute approximate surface area is 107 Å². The van der Waals surface area contributed by atoms with Crippen LogP contribution in [0.3, 0.4) is 0 Å². The Kier molecular flexibility index (Phi) is 3.63. The smallest absolute Gasteiger partial charge is 0.312 e. The Hall–Kier alpha value is -1.14. The molecule has 1 saturated heterocycles. The second-order valence-electron chi connectivity index (χ2n) is 4.17. The molecule has 0 spiro atoms. The first-order valence-electron chi connectivity index (χ1n) is 5.47. The summed E-state index contributed by atoms with van der Waals surface area (Å²) >= 11 is 3.16. The Balaban J connectivity index is 2.37. The number of hydrogen-bond acceptors (Lipinski definition) is 4. The molecular weight excluding hydrogens is 288 g/mol. The third-order valence-electron chi connectivity index (χ3n) is 3.03. The number of phenols is 1. The topological polar surface area (TPSA) is 75.4 Å². The van der Waals surface area contributed by atoms with Gasteiger partial charge in [-0.1, -0.05) is 0 Å². The molecule has 2 rings (SSSR count). The van der Waals surface area contributed by atoms with Gasteiger partial charge >= 0.3 is 5.69 Å². The van der Waals surface area contributed by atoms with Crippen LogP contribution in [0.2, 0.25) is 0 Å². The lowest BCUT2D eigenvalue weighted by atomic mass is 9.91. The molecule has 0 amide bonds. The van der Waals surface area contributed by atoms with Crippen molar-refractivity contribution in [2.75, 3.05) is 13.1 Å². The summed E-state index contributed by atoms with van der Waals surface area (Å²) in [6.45, 7) is 1.83. The molecule has 1 aromatic rings. The number of piperidine rings is 1. The second-order valence-corrected chi connectivity index (χ2v) is 5.03. The van der Waals surface area contributed by atoms with E-state index in [-0.39, 0.29) is 17.4 Å². The average Bonchev–Trinajstić information content (AvgIpc) is 2.33. The standard InChI is InChI=1S/C11H13BrN2O3/c12-9-4-8(7-2-1-3-13-6-7)5-10(11(9)15)14(16)17/h4-5,7,13,15H,1-3,6H2. The van der Waals surface area contributed by atoms with Gasteiger partial charge in [-0.3, -0.25) is 10.1 Å². The fourth-order valence-corrected chi connectivity index (χ4v) is 2.58. The molecule has 17 heavy (non-hydrogen) atoms. The third kappa shape index (κ3) is 2.58. The highest BCUT2D eigenvalue weighted by Crippen LogP contribution is 2.38. The van der Waals surface area contributed by atoms with Crippen molar-refractivity contribution in [2.45, 2.75) is 18.8 Å². The van der Waals surface area contributed by atoms with Gasteiger partial charge < -0.3 is 10.4 Å². The van der Waals surface area contributed by atoms with E-state index in [1.54, 1.807) is 6.07 Å². The summed E-state index contributed by atoms with van der Waals surface area (Å²) in [5.74, 6) is -0.0260. The number of nitro groups is 1. The number of rotatable bonds is 2. The van der Waals surface area contributed by atoms with Crippen molar-refractivity contribution in [3.8, 4) is 5.75 Å². The van der Waals surface area contributed by atoms with Crippen molar-refractivity contribution >= 4 is 21.6 Å². The van der Waals surface area contributed by atoms with Crippen molar-refractivity contribution in [3.63, 3.8) is 0 Å². The van der Waals surface area contributed by atoms with E-state index in [0.29, 0.717) is 4.47 Å². The number of nitrogens with one attached hydrogen (secondary N) is 1. The quantitative estimate of drug-likeness (QED) is 0.650. The molecule has 1 heterocycles. The number of nitrogens with zero attached hydrogens (tertiary/aromatic N) is 1. The summed E-state index contributed by atoms with van der Waals surface area (Å²) in [6.07, 6.45) is 2.08. The minimum Gasteiger partial charge on any atom is -0.501 e. The summed E-state index contributed by atoms with van der Waals surface area (Å²) in [5, 5.41) is 23.7. The van der Waals surface area contributed by atoms with Crippen molar-refractivity contribution in [3.05, 3.63) is 32.3 Å². The maximum Gasteiger partial charge on any atom is 0.312 e. The van der Waals surface area contributed by atoms with Gasteiger partial charge in [0.1, 0.15) is 0 Å². The minimum absolute atomic E-state index is 0.236. The molecule has 1 aliphatic rings. The Morgan fingerprint density at radius 1 is 1.53 bits per heavy atom. The van der Waals surface area contributed by atoms with Crippen LogP contribution in [-0.2, 0) is 0 Å². The first-order chi connectivity index (χ1) is 8.09. The predicted molar refractivity (Wildman–Crippen MR) is 67.3 cm³/mol. The van der Waals surface area contributed by atoms with Crippen LogP contribution in [0.5, 0.6) is 5.75 Å². The van der Waals surface area contributed by atoms with Crippen molar-refractivity contribution in [1.82, 2.24) is 5.32 Å². The average molecular weight is 301 g/mol. The van der Waals surface area contributed by atoms with Crippen molar-refractivity contribution in [1.29, 1.82) is 0 Å². The number of hydrogen-bond donors (Lipinski definition) is 2. The Morgan fingerprint density at radius 2 is 2.29 bits per heavy atom. The molecule has 1 fully saturated rings. The molecule has 1 unspecified atom stereocenters. The van der Waals surface area contributed by atoms with Gasteiger partial charge in [0.2, 0.25) is 5.75 Å². The highest BCUT2D eigenvalue weighted by Gasteiger charge is 2.22. The molecular formula is C11H13BrN2O3. The largest absolute Gasteiger partial charge is 0.501 e. The number of aromatic hydroxyl groups is 1. The molecule has 2 N–H and O–H groups in total. The van der Waals surface area contributed by atoms with E-state index in [4.69, 9.17) is 0 Å². The van der Waals surface area contributed by atoms with E-state index in [1.807, 2.05) is 0 Å². The molecule has 92 valence electrons. The fourth-order valence-electron chi connectivity index (χ4n) is 2.12. The first-order valence-corrected chi connectivity index (χ1v) is 6.26. The lowest BCUT2D eigenvalue weighted by Gasteiger charge is -2.23. The van der Waals surface area contributed by atoms with E-state index in [1.165, 1.54) is 6.07 Å². The minimum atomic E-state index is -0.556. The van der Waals surface area contributed by atoms with Gasteiger partial charge in [0.15, 0.2) is 0 Å². The van der Waals surface area contributed by atoms with Crippen molar-refractivity contribution < 1.29 is 10.0 Å². The van der Waals surface area contributed by atoms with E-state index in [0.717, 1.165) is 31.5 Å². The van der Waals surface area contributed by atoms with Crippen LogP contribution in [-0.4, -0.2) is 23.1 Å². The number of halogens is 1.